The maximum Gasteiger partial charge on any atom is 0.221 e. The van der Waals surface area contributed by atoms with E-state index in [-0.39, 0.29) is 18.9 Å². The molecule has 7 heteroatoms. The van der Waals surface area contributed by atoms with Crippen molar-refractivity contribution in [1.82, 2.24) is 15.0 Å². The molecule has 4 N–H and O–H groups in total. The van der Waals surface area contributed by atoms with E-state index in [4.69, 9.17) is 10.8 Å². The summed E-state index contributed by atoms with van der Waals surface area (Å²) in [6.07, 6.45) is 2.68. The van der Waals surface area contributed by atoms with E-state index in [9.17, 15) is 4.79 Å². The largest absolute Gasteiger partial charge is 0.396 e. The van der Waals surface area contributed by atoms with Gasteiger partial charge in [-0.15, -0.1) is 5.10 Å². The predicted octanol–water partition coefficient (Wildman–Crippen LogP) is 0.300. The van der Waals surface area contributed by atoms with Crippen molar-refractivity contribution in [2.75, 3.05) is 11.9 Å². The molecule has 21 heavy (non-hydrogen) atoms. The Labute approximate surface area is 122 Å². The zero-order valence-corrected chi connectivity index (χ0v) is 11.7. The second kappa shape index (κ2) is 7.39. The normalized spacial score (nSPS) is 10.5. The monoisotopic (exact) mass is 289 g/mol. The zero-order valence-electron chi connectivity index (χ0n) is 11.7. The first kappa shape index (κ1) is 15.0. The molecule has 0 unspecified atom stereocenters. The van der Waals surface area contributed by atoms with Crippen LogP contribution in [-0.2, 0) is 24.3 Å². The number of rotatable bonds is 8. The number of aryl methyl sites for hydroxylation is 1. The number of primary amides is 1. The number of nitrogens with zero attached hydrogens (tertiary/aromatic N) is 3. The Balaban J connectivity index is 1.96. The zero-order chi connectivity index (χ0) is 15.1. The minimum Gasteiger partial charge on any atom is -0.396 e. The van der Waals surface area contributed by atoms with Crippen LogP contribution in [0.5, 0.6) is 0 Å². The quantitative estimate of drug-likeness (QED) is 0.648. The summed E-state index contributed by atoms with van der Waals surface area (Å²) in [5.74, 6) is -0.362. The highest BCUT2D eigenvalue weighted by atomic mass is 16.3. The van der Waals surface area contributed by atoms with Crippen LogP contribution < -0.4 is 11.1 Å². The fourth-order valence-electron chi connectivity index (χ4n) is 1.98. The van der Waals surface area contributed by atoms with Crippen molar-refractivity contribution in [3.05, 3.63) is 41.7 Å². The van der Waals surface area contributed by atoms with E-state index >= 15 is 0 Å². The molecule has 0 aliphatic heterocycles. The van der Waals surface area contributed by atoms with Gasteiger partial charge in [-0.05, 0) is 18.1 Å². The molecule has 0 fully saturated rings. The summed E-state index contributed by atoms with van der Waals surface area (Å²) in [5, 5.41) is 20.0. The maximum absolute atomic E-state index is 11.0. The van der Waals surface area contributed by atoms with Gasteiger partial charge >= 0.3 is 0 Å². The van der Waals surface area contributed by atoms with Crippen LogP contribution in [0.2, 0.25) is 0 Å². The Morgan fingerprint density at radius 2 is 2.19 bits per heavy atom. The molecule has 0 aliphatic rings. The summed E-state index contributed by atoms with van der Waals surface area (Å²) in [5.41, 5.74) is 7.75. The Hall–Kier alpha value is -2.41. The number of aliphatic hydroxyl groups excluding tert-OH is 1. The molecule has 7 nitrogen and oxygen atoms in total. The molecular weight excluding hydrogens is 270 g/mol. The number of nitrogens with two attached hydrogens (primary N) is 1. The van der Waals surface area contributed by atoms with E-state index in [2.05, 4.69) is 15.6 Å². The number of hydrogen-bond acceptors (Lipinski definition) is 5. The second-order valence-electron chi connectivity index (χ2n) is 4.70. The molecule has 0 aliphatic carbocycles. The van der Waals surface area contributed by atoms with Crippen molar-refractivity contribution < 1.29 is 9.90 Å². The standard InChI is InChI=1S/C14H19N5O2/c15-14(21)8-11-4-1-2-5-13(11)16-9-12-10-19(18-17-12)6-3-7-20/h1-2,4-5,10,16,20H,3,6-9H2,(H2,15,21). The lowest BCUT2D eigenvalue weighted by Gasteiger charge is -2.09. The fourth-order valence-corrected chi connectivity index (χ4v) is 1.98. The van der Waals surface area contributed by atoms with Gasteiger partial charge in [-0.1, -0.05) is 23.4 Å². The average Bonchev–Trinajstić information content (AvgIpc) is 2.91. The molecule has 1 aromatic carbocycles. The van der Waals surface area contributed by atoms with Gasteiger partial charge in [-0.2, -0.15) is 0 Å². The summed E-state index contributed by atoms with van der Waals surface area (Å²) < 4.78 is 1.70. The van der Waals surface area contributed by atoms with Crippen LogP contribution in [-0.4, -0.2) is 32.6 Å². The third kappa shape index (κ3) is 4.57. The number of hydrogen-bond donors (Lipinski definition) is 3. The minimum atomic E-state index is -0.362. The minimum absolute atomic E-state index is 0.133. The molecule has 0 saturated heterocycles. The van der Waals surface area contributed by atoms with E-state index < -0.39 is 0 Å². The topological polar surface area (TPSA) is 106 Å². The SMILES string of the molecule is NC(=O)Cc1ccccc1NCc1cn(CCCO)nn1. The van der Waals surface area contributed by atoms with Crippen molar-refractivity contribution in [1.29, 1.82) is 0 Å². The molecule has 112 valence electrons. The molecule has 0 saturated carbocycles. The number of nitrogens with one attached hydrogen (secondary N) is 1. The molecule has 1 aromatic heterocycles. The highest BCUT2D eigenvalue weighted by Crippen LogP contribution is 2.16. The summed E-state index contributed by atoms with van der Waals surface area (Å²) in [6, 6.07) is 7.53. The smallest absolute Gasteiger partial charge is 0.221 e. The number of carbonyl (C=O) groups excluding carboxylic acids is 1. The lowest BCUT2D eigenvalue weighted by Crippen LogP contribution is -2.15. The Kier molecular flexibility index (Phi) is 5.28. The van der Waals surface area contributed by atoms with E-state index in [1.807, 2.05) is 30.5 Å². The molecule has 0 spiro atoms. The third-order valence-corrected chi connectivity index (χ3v) is 2.97. The van der Waals surface area contributed by atoms with Crippen LogP contribution in [0.3, 0.4) is 0 Å². The molecule has 2 rings (SSSR count). The number of benzene rings is 1. The first-order valence-electron chi connectivity index (χ1n) is 6.79. The van der Waals surface area contributed by atoms with Gasteiger partial charge in [-0.25, -0.2) is 0 Å². The number of para-hydroxylation sites is 1. The van der Waals surface area contributed by atoms with Crippen LogP contribution in [0, 0.1) is 0 Å². The molecule has 1 amide bonds. The molecular formula is C14H19N5O2. The van der Waals surface area contributed by atoms with Gasteiger partial charge in [-0.3, -0.25) is 9.48 Å². The first-order valence-corrected chi connectivity index (χ1v) is 6.79. The highest BCUT2D eigenvalue weighted by molar-refractivity contribution is 5.78. The average molecular weight is 289 g/mol. The van der Waals surface area contributed by atoms with Crippen molar-refractivity contribution in [3.8, 4) is 0 Å². The summed E-state index contributed by atoms with van der Waals surface area (Å²) >= 11 is 0. The number of aromatic nitrogens is 3. The van der Waals surface area contributed by atoms with Crippen LogP contribution in [0.15, 0.2) is 30.5 Å². The van der Waals surface area contributed by atoms with Crippen molar-refractivity contribution in [3.63, 3.8) is 0 Å². The molecule has 0 bridgehead atoms. The van der Waals surface area contributed by atoms with Gasteiger partial charge in [0.25, 0.3) is 0 Å². The van der Waals surface area contributed by atoms with Gasteiger partial charge < -0.3 is 16.2 Å². The summed E-state index contributed by atoms with van der Waals surface area (Å²) in [7, 11) is 0. The van der Waals surface area contributed by atoms with Crippen molar-refractivity contribution in [2.45, 2.75) is 25.9 Å². The van der Waals surface area contributed by atoms with Gasteiger partial charge in [0.2, 0.25) is 5.91 Å². The lowest BCUT2D eigenvalue weighted by atomic mass is 10.1. The Bertz CT molecular complexity index is 597. The van der Waals surface area contributed by atoms with E-state index in [0.29, 0.717) is 19.5 Å². The predicted molar refractivity (Wildman–Crippen MR) is 78.4 cm³/mol. The van der Waals surface area contributed by atoms with Gasteiger partial charge in [0, 0.05) is 18.8 Å². The summed E-state index contributed by atoms with van der Waals surface area (Å²) in [4.78, 5) is 11.0. The van der Waals surface area contributed by atoms with Gasteiger partial charge in [0.1, 0.15) is 5.69 Å². The molecule has 0 atom stereocenters. The van der Waals surface area contributed by atoms with Crippen LogP contribution in [0.1, 0.15) is 17.7 Å². The van der Waals surface area contributed by atoms with E-state index in [0.717, 1.165) is 16.9 Å². The Morgan fingerprint density at radius 1 is 1.38 bits per heavy atom. The Morgan fingerprint density at radius 3 is 2.95 bits per heavy atom. The van der Waals surface area contributed by atoms with Gasteiger partial charge in [0.05, 0.1) is 19.2 Å². The molecule has 0 radical (unpaired) electrons. The maximum atomic E-state index is 11.0. The summed E-state index contributed by atoms with van der Waals surface area (Å²) in [6.45, 7) is 1.28. The fraction of sp³-hybridized carbons (Fsp3) is 0.357. The molecule has 1 heterocycles. The number of anilines is 1. The highest BCUT2D eigenvalue weighted by Gasteiger charge is 2.06. The number of amides is 1. The second-order valence-corrected chi connectivity index (χ2v) is 4.70. The van der Waals surface area contributed by atoms with Crippen molar-refractivity contribution in [2.24, 2.45) is 5.73 Å². The van der Waals surface area contributed by atoms with Crippen LogP contribution in [0.4, 0.5) is 5.69 Å². The third-order valence-electron chi connectivity index (χ3n) is 2.97. The number of aliphatic hydroxyl groups is 1. The van der Waals surface area contributed by atoms with Crippen LogP contribution in [0.25, 0.3) is 0 Å². The van der Waals surface area contributed by atoms with Gasteiger partial charge in [0.15, 0.2) is 0 Å². The van der Waals surface area contributed by atoms with Crippen molar-refractivity contribution >= 4 is 11.6 Å². The molecule has 2 aromatic rings. The van der Waals surface area contributed by atoms with E-state index in [1.54, 1.807) is 4.68 Å². The van der Waals surface area contributed by atoms with Crippen LogP contribution >= 0.6 is 0 Å². The number of carbonyl (C=O) groups is 1. The van der Waals surface area contributed by atoms with E-state index in [1.165, 1.54) is 0 Å². The lowest BCUT2D eigenvalue weighted by molar-refractivity contribution is -0.117. The first-order chi connectivity index (χ1) is 10.2.